The van der Waals surface area contributed by atoms with Crippen LogP contribution < -0.4 is 0 Å². The Balaban J connectivity index is 2.58. The molecule has 2 N–H and O–H groups in total. The van der Waals surface area contributed by atoms with Crippen LogP contribution >= 0.6 is 0 Å². The van der Waals surface area contributed by atoms with Crippen molar-refractivity contribution in [2.45, 2.75) is 6.42 Å². The summed E-state index contributed by atoms with van der Waals surface area (Å²) in [6, 6.07) is 0. The molecule has 0 bridgehead atoms. The molecule has 1 rings (SSSR count). The zero-order valence-electron chi connectivity index (χ0n) is 5.04. The molecule has 0 aliphatic heterocycles. The second-order valence-electron chi connectivity index (χ2n) is 2.05. The van der Waals surface area contributed by atoms with Crippen molar-refractivity contribution in [3.05, 3.63) is 24.0 Å². The van der Waals surface area contributed by atoms with Gasteiger partial charge in [0.15, 0.2) is 0 Å². The van der Waals surface area contributed by atoms with E-state index >= 15 is 0 Å². The molecule has 1 aliphatic carbocycles. The Morgan fingerprint density at radius 3 is 3.00 bits per heavy atom. The van der Waals surface area contributed by atoms with Crippen molar-refractivity contribution < 1.29 is 5.11 Å². The standard InChI is InChI=1S/C7H9NO/c8-5-6-1-3-7(9)4-2-6/h1,3-6,8-9H,2H2. The molecule has 2 nitrogen and oxygen atoms in total. The number of aliphatic hydroxyl groups excluding tert-OH is 1. The minimum Gasteiger partial charge on any atom is -0.508 e. The van der Waals surface area contributed by atoms with E-state index in [2.05, 4.69) is 0 Å². The highest BCUT2D eigenvalue weighted by molar-refractivity contribution is 5.60. The van der Waals surface area contributed by atoms with Crippen LogP contribution in [-0.4, -0.2) is 11.3 Å². The van der Waals surface area contributed by atoms with Crippen LogP contribution in [0.1, 0.15) is 6.42 Å². The molecule has 0 aromatic carbocycles. The van der Waals surface area contributed by atoms with Crippen molar-refractivity contribution in [2.24, 2.45) is 5.92 Å². The topological polar surface area (TPSA) is 44.1 Å². The van der Waals surface area contributed by atoms with Gasteiger partial charge >= 0.3 is 0 Å². The van der Waals surface area contributed by atoms with E-state index in [4.69, 9.17) is 10.5 Å². The van der Waals surface area contributed by atoms with E-state index < -0.39 is 0 Å². The Labute approximate surface area is 54.0 Å². The second kappa shape index (κ2) is 2.49. The molecule has 0 aromatic rings. The first kappa shape index (κ1) is 6.08. The highest BCUT2D eigenvalue weighted by Crippen LogP contribution is 2.11. The van der Waals surface area contributed by atoms with Gasteiger partial charge in [-0.15, -0.1) is 0 Å². The minimum atomic E-state index is 0.195. The van der Waals surface area contributed by atoms with Gasteiger partial charge in [0.25, 0.3) is 0 Å². The van der Waals surface area contributed by atoms with Gasteiger partial charge < -0.3 is 10.5 Å². The van der Waals surface area contributed by atoms with Crippen molar-refractivity contribution in [2.75, 3.05) is 0 Å². The number of nitrogens with one attached hydrogen (secondary N) is 1. The molecule has 0 saturated carbocycles. The van der Waals surface area contributed by atoms with Crippen LogP contribution in [0, 0.1) is 11.3 Å². The van der Waals surface area contributed by atoms with E-state index in [1.165, 1.54) is 6.21 Å². The molecule has 0 fully saturated rings. The van der Waals surface area contributed by atoms with Gasteiger partial charge in [-0.25, -0.2) is 0 Å². The van der Waals surface area contributed by atoms with Crippen LogP contribution in [0.25, 0.3) is 0 Å². The van der Waals surface area contributed by atoms with Gasteiger partial charge in [-0.1, -0.05) is 6.08 Å². The van der Waals surface area contributed by atoms with Crippen LogP contribution in [0.2, 0.25) is 0 Å². The Morgan fingerprint density at radius 2 is 2.56 bits per heavy atom. The maximum Gasteiger partial charge on any atom is 0.111 e. The SMILES string of the molecule is N=CC1C=CC(O)=CC1. The summed E-state index contributed by atoms with van der Waals surface area (Å²) in [5.41, 5.74) is 0. The monoisotopic (exact) mass is 123 g/mol. The van der Waals surface area contributed by atoms with Gasteiger partial charge in [0.2, 0.25) is 0 Å². The smallest absolute Gasteiger partial charge is 0.111 e. The molecule has 0 saturated heterocycles. The molecule has 0 heterocycles. The predicted molar refractivity (Wildman–Crippen MR) is 36.7 cm³/mol. The lowest BCUT2D eigenvalue weighted by atomic mass is 10.0. The van der Waals surface area contributed by atoms with Crippen molar-refractivity contribution in [1.29, 1.82) is 5.41 Å². The zero-order valence-corrected chi connectivity index (χ0v) is 5.04. The molecule has 9 heavy (non-hydrogen) atoms. The summed E-state index contributed by atoms with van der Waals surface area (Å²) in [6.45, 7) is 0. The zero-order chi connectivity index (χ0) is 6.69. The minimum absolute atomic E-state index is 0.195. The van der Waals surface area contributed by atoms with Gasteiger partial charge in [0, 0.05) is 12.1 Å². The largest absolute Gasteiger partial charge is 0.508 e. The van der Waals surface area contributed by atoms with E-state index in [0.29, 0.717) is 5.76 Å². The summed E-state index contributed by atoms with van der Waals surface area (Å²) in [4.78, 5) is 0. The van der Waals surface area contributed by atoms with Crippen molar-refractivity contribution in [3.63, 3.8) is 0 Å². The van der Waals surface area contributed by atoms with E-state index in [1.54, 1.807) is 12.2 Å². The highest BCUT2D eigenvalue weighted by Gasteiger charge is 2.02. The Morgan fingerprint density at radius 1 is 1.78 bits per heavy atom. The molecule has 2 heteroatoms. The van der Waals surface area contributed by atoms with E-state index in [0.717, 1.165) is 6.42 Å². The molecule has 48 valence electrons. The van der Waals surface area contributed by atoms with Crippen molar-refractivity contribution in [1.82, 2.24) is 0 Å². The van der Waals surface area contributed by atoms with Crippen LogP contribution in [0.15, 0.2) is 24.0 Å². The quantitative estimate of drug-likeness (QED) is 0.511. The molecule has 1 aliphatic rings. The lowest BCUT2D eigenvalue weighted by molar-refractivity contribution is 0.425. The number of hydrogen-bond donors (Lipinski definition) is 2. The first-order chi connectivity index (χ1) is 4.33. The lowest BCUT2D eigenvalue weighted by Crippen LogP contribution is -1.99. The van der Waals surface area contributed by atoms with E-state index in [9.17, 15) is 0 Å². The molecule has 0 amide bonds. The third-order valence-corrected chi connectivity index (χ3v) is 1.33. The summed E-state index contributed by atoms with van der Waals surface area (Å²) in [5.74, 6) is 0.508. The average Bonchev–Trinajstić information content (AvgIpc) is 1.90. The number of aliphatic hydroxyl groups is 1. The molecule has 0 aromatic heterocycles. The molecule has 1 unspecified atom stereocenters. The molecule has 0 radical (unpaired) electrons. The number of rotatable bonds is 1. The van der Waals surface area contributed by atoms with Gasteiger partial charge in [-0.05, 0) is 18.6 Å². The normalized spacial score (nSPS) is 25.3. The van der Waals surface area contributed by atoms with Gasteiger partial charge in [-0.3, -0.25) is 0 Å². The first-order valence-corrected chi connectivity index (χ1v) is 2.91. The number of hydrogen-bond acceptors (Lipinski definition) is 2. The summed E-state index contributed by atoms with van der Waals surface area (Å²) in [6.07, 6.45) is 7.29. The van der Waals surface area contributed by atoms with Crippen LogP contribution in [0.5, 0.6) is 0 Å². The van der Waals surface area contributed by atoms with E-state index in [1.807, 2.05) is 6.08 Å². The lowest BCUT2D eigenvalue weighted by Gasteiger charge is -2.06. The summed E-state index contributed by atoms with van der Waals surface area (Å²) in [5, 5.41) is 15.7. The summed E-state index contributed by atoms with van der Waals surface area (Å²) in [7, 11) is 0. The summed E-state index contributed by atoms with van der Waals surface area (Å²) < 4.78 is 0. The highest BCUT2D eigenvalue weighted by atomic mass is 16.3. The third-order valence-electron chi connectivity index (χ3n) is 1.33. The molecular formula is C7H9NO. The first-order valence-electron chi connectivity index (χ1n) is 2.91. The van der Waals surface area contributed by atoms with Crippen molar-refractivity contribution >= 4 is 6.21 Å². The predicted octanol–water partition coefficient (Wildman–Crippen LogP) is 1.65. The summed E-state index contributed by atoms with van der Waals surface area (Å²) >= 11 is 0. The van der Waals surface area contributed by atoms with Crippen LogP contribution in [0.4, 0.5) is 0 Å². The fraction of sp³-hybridized carbons (Fsp3) is 0.286. The van der Waals surface area contributed by atoms with Crippen molar-refractivity contribution in [3.8, 4) is 0 Å². The fourth-order valence-corrected chi connectivity index (χ4v) is 0.749. The molecule has 0 spiro atoms. The second-order valence-corrected chi connectivity index (χ2v) is 2.05. The number of allylic oxidation sites excluding steroid dienone is 3. The fourth-order valence-electron chi connectivity index (χ4n) is 0.749. The van der Waals surface area contributed by atoms with Gasteiger partial charge in [0.1, 0.15) is 5.76 Å². The van der Waals surface area contributed by atoms with Gasteiger partial charge in [0.05, 0.1) is 0 Å². The Kier molecular flexibility index (Phi) is 1.68. The van der Waals surface area contributed by atoms with Gasteiger partial charge in [-0.2, -0.15) is 0 Å². The maximum atomic E-state index is 8.82. The van der Waals surface area contributed by atoms with Crippen LogP contribution in [-0.2, 0) is 0 Å². The molecular weight excluding hydrogens is 114 g/mol. The maximum absolute atomic E-state index is 8.82. The Bertz CT molecular complexity index is 170. The Hall–Kier alpha value is -1.05. The third kappa shape index (κ3) is 1.42. The van der Waals surface area contributed by atoms with E-state index in [-0.39, 0.29) is 5.92 Å². The molecule has 1 atom stereocenters. The average molecular weight is 123 g/mol. The van der Waals surface area contributed by atoms with Crippen LogP contribution in [0.3, 0.4) is 0 Å².